The number of hydrogen-bond acceptors (Lipinski definition) is 17. The van der Waals surface area contributed by atoms with Gasteiger partial charge in [-0.15, -0.1) is 0 Å². The third-order valence-electron chi connectivity index (χ3n) is 10.5. The Morgan fingerprint density at radius 2 is 1.22 bits per heavy atom. The number of hydroxylamine groups is 1. The van der Waals surface area contributed by atoms with Crippen LogP contribution in [0.15, 0.2) is 132 Å². The van der Waals surface area contributed by atoms with Gasteiger partial charge in [0, 0.05) is 60.7 Å². The van der Waals surface area contributed by atoms with E-state index in [4.69, 9.17) is 15.0 Å². The summed E-state index contributed by atoms with van der Waals surface area (Å²) in [5, 5.41) is 74.2. The summed E-state index contributed by atoms with van der Waals surface area (Å²) in [4.78, 5) is 85.9. The molecule has 6 N–H and O–H groups in total. The van der Waals surface area contributed by atoms with Gasteiger partial charge in [0.15, 0.2) is 0 Å². The molecule has 0 saturated heterocycles. The average Bonchev–Trinajstić information content (AvgIpc) is 3.81. The smallest absolute Gasteiger partial charge is 0.550 e. The summed E-state index contributed by atoms with van der Waals surface area (Å²) in [5.74, 6) is -8.64. The van der Waals surface area contributed by atoms with Crippen molar-refractivity contribution in [2.24, 2.45) is 15.0 Å². The number of hydrogen-bond donors (Lipinski definition) is 6. The van der Waals surface area contributed by atoms with E-state index in [0.717, 1.165) is 5.57 Å². The first-order valence-electron chi connectivity index (χ1n) is 18.8. The minimum absolute atomic E-state index is 0. The molecule has 0 radical (unpaired) electrons. The van der Waals surface area contributed by atoms with Crippen molar-refractivity contribution < 1.29 is 178 Å². The van der Waals surface area contributed by atoms with E-state index >= 15 is 0 Å². The van der Waals surface area contributed by atoms with E-state index in [1.165, 1.54) is 19.2 Å². The summed E-state index contributed by atoms with van der Waals surface area (Å²) in [6, 6.07) is -3.69. The van der Waals surface area contributed by atoms with Crippen LogP contribution in [0.5, 0.6) is 0 Å². The van der Waals surface area contributed by atoms with Gasteiger partial charge in [-0.05, 0) is 98.8 Å². The summed E-state index contributed by atoms with van der Waals surface area (Å²) in [5.41, 5.74) is 7.20. The number of amides is 2. The number of allylic oxidation sites excluding steroid dienone is 11. The number of aliphatic hydroxyl groups is 1. The van der Waals surface area contributed by atoms with Gasteiger partial charge >= 0.3 is 118 Å². The number of rotatable bonds is 17. The third-order valence-corrected chi connectivity index (χ3v) is 10.5. The van der Waals surface area contributed by atoms with Gasteiger partial charge in [0.05, 0.1) is 63.9 Å². The summed E-state index contributed by atoms with van der Waals surface area (Å²) < 4.78 is 0. The number of nitrogens with zero attached hydrogens (tertiary/aromatic N) is 3. The fraction of sp³-hybridized carbons (Fsp3) is 0.310. The molecule has 0 spiro atoms. The van der Waals surface area contributed by atoms with Crippen molar-refractivity contribution in [3.63, 3.8) is 0 Å². The molecule has 65 heavy (non-hydrogen) atoms. The fourth-order valence-corrected chi connectivity index (χ4v) is 7.19. The Bertz CT molecular complexity index is 2430. The Morgan fingerprint density at radius 1 is 0.723 bits per heavy atom. The second kappa shape index (κ2) is 25.8. The Balaban J connectivity index is 0.00000528. The number of fused-ring (bicyclic) bond motifs is 5. The molecule has 0 fully saturated rings. The summed E-state index contributed by atoms with van der Waals surface area (Å²) >= 11 is 0. The molecule has 5 rings (SSSR count). The van der Waals surface area contributed by atoms with Crippen molar-refractivity contribution in [3.8, 4) is 0 Å². The van der Waals surface area contributed by atoms with E-state index < -0.39 is 66.2 Å². The minimum Gasteiger partial charge on any atom is -0.550 e. The van der Waals surface area contributed by atoms with E-state index in [0.29, 0.717) is 67.7 Å². The van der Waals surface area contributed by atoms with E-state index in [2.05, 4.69) is 22.5 Å². The molecule has 5 aliphatic heterocycles. The van der Waals surface area contributed by atoms with Gasteiger partial charge in [-0.25, -0.2) is 15.0 Å². The predicted octanol–water partition coefficient (Wildman–Crippen LogP) is -14.5. The maximum Gasteiger partial charge on any atom is 1.00 e. The molecule has 0 saturated carbocycles. The van der Waals surface area contributed by atoms with Gasteiger partial charge in [0.1, 0.15) is 5.60 Å². The average molecular weight is 928 g/mol. The van der Waals surface area contributed by atoms with Crippen LogP contribution in [-0.4, -0.2) is 80.8 Å². The van der Waals surface area contributed by atoms with Crippen molar-refractivity contribution in [2.45, 2.75) is 83.9 Å². The van der Waals surface area contributed by atoms with Crippen LogP contribution >= 0.6 is 0 Å². The van der Waals surface area contributed by atoms with Crippen LogP contribution in [0, 0.1) is 0 Å². The van der Waals surface area contributed by atoms with E-state index in [1.807, 2.05) is 12.4 Å². The molecular formula is C42H41N7Na4O12. The Kier molecular flexibility index (Phi) is 23.7. The molecule has 23 heteroatoms. The Hall–Kier alpha value is -3.25. The second-order valence-corrected chi connectivity index (χ2v) is 14.6. The van der Waals surface area contributed by atoms with Crippen LogP contribution in [0.1, 0.15) is 66.2 Å². The summed E-state index contributed by atoms with van der Waals surface area (Å²) in [6.45, 7) is 10.8. The van der Waals surface area contributed by atoms with Crippen LogP contribution in [0.4, 0.5) is 0 Å². The zero-order chi connectivity index (χ0) is 44.9. The van der Waals surface area contributed by atoms with Gasteiger partial charge in [0.2, 0.25) is 11.8 Å². The zero-order valence-electron chi connectivity index (χ0n) is 37.5. The van der Waals surface area contributed by atoms with E-state index in [9.17, 15) is 59.5 Å². The van der Waals surface area contributed by atoms with E-state index in [1.54, 1.807) is 44.2 Å². The van der Waals surface area contributed by atoms with Gasteiger partial charge in [-0.1, -0.05) is 12.7 Å². The molecular weight excluding hydrogens is 886 g/mol. The second-order valence-electron chi connectivity index (χ2n) is 14.6. The Labute approximate surface area is 462 Å². The molecule has 0 aliphatic carbocycles. The van der Waals surface area contributed by atoms with Gasteiger partial charge in [0.25, 0.3) is 0 Å². The van der Waals surface area contributed by atoms with Gasteiger partial charge in [-0.2, -0.15) is 0 Å². The van der Waals surface area contributed by atoms with Gasteiger partial charge in [-0.3, -0.25) is 20.3 Å². The van der Waals surface area contributed by atoms with Crippen molar-refractivity contribution in [1.29, 1.82) is 0 Å². The number of carboxylic acid groups (broad SMARTS) is 4. The van der Waals surface area contributed by atoms with Crippen LogP contribution in [0.2, 0.25) is 0 Å². The normalized spacial score (nSPS) is 19.3. The zero-order valence-corrected chi connectivity index (χ0v) is 45.5. The van der Waals surface area contributed by atoms with Crippen LogP contribution in [-0.2, 0) is 28.8 Å². The molecule has 2 amide bonds. The molecule has 5 aliphatic rings. The minimum atomic E-state index is -1.85. The number of aliphatic imine (C=N–C) groups is 3. The monoisotopic (exact) mass is 927 g/mol. The number of carboxylic acids is 4. The standard InChI is InChI=1S/C42H45N7O12.4Na/c1-6-22-19(2)27-14-32-25(11-12-43-61)42(5,60)35(47-32)16-28-21(4)24(8-10-37(51)49-34(41(58)59)18-39(54)55)31(46-28)15-30-23(20(3)26(45-30)13-29(22)44-27)7-9-36(50)48-33(40(56)57)17-38(52)53;;;;/h6,11-16,33-34,43,47,60-61H,1,7-10,17-18H2,2-5H3,(H,48,50)(H,49,51)(H,52,53)(H,54,55)(H,56,57)(H,58,59);;;;/q;4*+1/p-4/b12-11+,26-13?,27-14?,31-15?,35-16?;;;;. The summed E-state index contributed by atoms with van der Waals surface area (Å²) in [7, 11) is 0. The van der Waals surface area contributed by atoms with Crippen molar-refractivity contribution >= 4 is 52.8 Å². The first-order valence-corrected chi connectivity index (χ1v) is 18.8. The van der Waals surface area contributed by atoms with Crippen LogP contribution in [0.3, 0.4) is 0 Å². The largest absolute Gasteiger partial charge is 1.00 e. The molecule has 3 unspecified atom stereocenters. The quantitative estimate of drug-likeness (QED) is 0.0583. The van der Waals surface area contributed by atoms with Crippen LogP contribution < -0.4 is 160 Å². The molecule has 0 aromatic carbocycles. The fourth-order valence-electron chi connectivity index (χ4n) is 7.19. The molecule has 0 aromatic heterocycles. The Morgan fingerprint density at radius 3 is 1.72 bits per heavy atom. The van der Waals surface area contributed by atoms with E-state index in [-0.39, 0.29) is 155 Å². The maximum atomic E-state index is 13.0. The predicted molar refractivity (Wildman–Crippen MR) is 209 cm³/mol. The van der Waals surface area contributed by atoms with Gasteiger partial charge < -0.3 is 60.7 Å². The maximum absolute atomic E-state index is 13.0. The van der Waals surface area contributed by atoms with Crippen molar-refractivity contribution in [1.82, 2.24) is 21.4 Å². The SMILES string of the molecule is C=CC1=C(C)C2=CC3=C(/C=C/NO)C(C)(O)C(=CC4=NC(=CC5=NC(=CC1=N2)C(C)=C5CCC(=O)NC(CC(=O)[O-])C(=O)[O-])C(CCC(=O)NC(CC(=O)[O-])C(=O)[O-])=C4C)N3.[Na+].[Na+].[Na+].[Na+]. The first kappa shape index (κ1) is 59.8. The number of nitrogens with one attached hydrogen (secondary N) is 4. The number of carbonyl (C=O) groups is 6. The van der Waals surface area contributed by atoms with Crippen molar-refractivity contribution in [3.05, 3.63) is 117 Å². The molecule has 3 atom stereocenters. The molecule has 5 heterocycles. The molecule has 0 aromatic rings. The molecule has 19 nitrogen and oxygen atoms in total. The van der Waals surface area contributed by atoms with Crippen molar-refractivity contribution in [2.75, 3.05) is 0 Å². The molecule has 320 valence electrons. The first-order chi connectivity index (χ1) is 28.7. The van der Waals surface area contributed by atoms with Crippen LogP contribution in [0.25, 0.3) is 0 Å². The summed E-state index contributed by atoms with van der Waals surface area (Å²) in [6.07, 6.45) is 8.21. The topological polar surface area (TPSA) is 320 Å². The number of aliphatic carboxylic acids is 4. The molecule has 8 bridgehead atoms. The third kappa shape index (κ3) is 14.4. The number of carbonyl (C=O) groups excluding carboxylic acids is 6.